The van der Waals surface area contributed by atoms with Gasteiger partial charge < -0.3 is 10.1 Å². The Bertz CT molecular complexity index is 491. The second-order valence-corrected chi connectivity index (χ2v) is 5.58. The topological polar surface area (TPSA) is 55.4 Å². The summed E-state index contributed by atoms with van der Waals surface area (Å²) in [5, 5.41) is 2.81. The molecule has 1 fully saturated rings. The number of carbonyl (C=O) groups is 2. The van der Waals surface area contributed by atoms with E-state index in [4.69, 9.17) is 4.74 Å². The predicted octanol–water partition coefficient (Wildman–Crippen LogP) is 2.25. The second-order valence-electron chi connectivity index (χ2n) is 5.58. The van der Waals surface area contributed by atoms with Gasteiger partial charge in [-0.15, -0.1) is 0 Å². The highest BCUT2D eigenvalue weighted by Crippen LogP contribution is 2.33. The zero-order valence-corrected chi connectivity index (χ0v) is 12.7. The molecule has 4 nitrogen and oxygen atoms in total. The van der Waals surface area contributed by atoms with Crippen molar-refractivity contribution in [1.29, 1.82) is 0 Å². The highest BCUT2D eigenvalue weighted by atomic mass is 16.5. The van der Waals surface area contributed by atoms with Crippen LogP contribution in [-0.2, 0) is 27.2 Å². The minimum atomic E-state index is -0.468. The number of methoxy groups -OCH3 is 1. The van der Waals surface area contributed by atoms with Crippen LogP contribution in [0, 0.1) is 5.92 Å². The van der Waals surface area contributed by atoms with Gasteiger partial charge >= 0.3 is 5.97 Å². The lowest BCUT2D eigenvalue weighted by molar-refractivity contribution is -0.145. The zero-order chi connectivity index (χ0) is 15.2. The highest BCUT2D eigenvalue weighted by molar-refractivity contribution is 5.85. The first-order valence-corrected chi connectivity index (χ1v) is 7.59. The summed E-state index contributed by atoms with van der Waals surface area (Å²) in [7, 11) is 1.36. The summed E-state index contributed by atoms with van der Waals surface area (Å²) >= 11 is 0. The third kappa shape index (κ3) is 4.59. The molecule has 0 radical (unpaired) electrons. The standard InChI is InChI=1S/C17H23NO3/c1-3-12-4-6-13(7-5-12)8-11-15(19)18-16(14-9-10-14)17(20)21-2/h4-7,14,16H,3,8-11H2,1-2H3,(H,18,19). The minimum absolute atomic E-state index is 0.0862. The third-order valence-electron chi connectivity index (χ3n) is 3.94. The molecule has 0 heterocycles. The quantitative estimate of drug-likeness (QED) is 0.783. The van der Waals surface area contributed by atoms with Gasteiger partial charge in [-0.1, -0.05) is 31.2 Å². The lowest BCUT2D eigenvalue weighted by Crippen LogP contribution is -2.43. The maximum atomic E-state index is 12.0. The van der Waals surface area contributed by atoms with Gasteiger partial charge in [0.15, 0.2) is 0 Å². The van der Waals surface area contributed by atoms with Crippen LogP contribution in [0.3, 0.4) is 0 Å². The number of benzene rings is 1. The Labute approximate surface area is 125 Å². The summed E-state index contributed by atoms with van der Waals surface area (Å²) in [6, 6.07) is 7.84. The van der Waals surface area contributed by atoms with Crippen molar-refractivity contribution in [3.8, 4) is 0 Å². The molecule has 1 aromatic carbocycles. The molecule has 1 amide bonds. The largest absolute Gasteiger partial charge is 0.467 e. The van der Waals surface area contributed by atoms with Crippen LogP contribution >= 0.6 is 0 Å². The van der Waals surface area contributed by atoms with Crippen LogP contribution in [0.1, 0.15) is 37.3 Å². The number of esters is 1. The first-order valence-electron chi connectivity index (χ1n) is 7.59. The zero-order valence-electron chi connectivity index (χ0n) is 12.7. The number of nitrogens with one attached hydrogen (secondary N) is 1. The molecule has 1 atom stereocenters. The van der Waals surface area contributed by atoms with E-state index in [-0.39, 0.29) is 17.8 Å². The fourth-order valence-corrected chi connectivity index (χ4v) is 2.37. The Balaban J connectivity index is 1.81. The molecule has 21 heavy (non-hydrogen) atoms. The molecule has 1 unspecified atom stereocenters. The molecule has 2 rings (SSSR count). The van der Waals surface area contributed by atoms with Gasteiger partial charge in [-0.25, -0.2) is 4.79 Å². The fraction of sp³-hybridized carbons (Fsp3) is 0.529. The predicted molar refractivity (Wildman–Crippen MR) is 80.8 cm³/mol. The van der Waals surface area contributed by atoms with Crippen molar-refractivity contribution in [3.63, 3.8) is 0 Å². The van der Waals surface area contributed by atoms with Gasteiger partial charge in [0.1, 0.15) is 6.04 Å². The monoisotopic (exact) mass is 289 g/mol. The van der Waals surface area contributed by atoms with Gasteiger partial charge in [0.2, 0.25) is 5.91 Å². The first-order chi connectivity index (χ1) is 10.1. The molecule has 1 aromatic rings. The van der Waals surface area contributed by atoms with Gasteiger partial charge in [-0.3, -0.25) is 4.79 Å². The number of rotatable bonds is 7. The highest BCUT2D eigenvalue weighted by Gasteiger charge is 2.37. The molecule has 1 aliphatic carbocycles. The van der Waals surface area contributed by atoms with Crippen molar-refractivity contribution >= 4 is 11.9 Å². The fourth-order valence-electron chi connectivity index (χ4n) is 2.37. The lowest BCUT2D eigenvalue weighted by Gasteiger charge is -2.15. The van der Waals surface area contributed by atoms with Gasteiger partial charge in [0, 0.05) is 6.42 Å². The van der Waals surface area contributed by atoms with E-state index in [1.807, 2.05) is 0 Å². The van der Waals surface area contributed by atoms with Crippen LogP contribution in [0.5, 0.6) is 0 Å². The van der Waals surface area contributed by atoms with Gasteiger partial charge in [0.05, 0.1) is 7.11 Å². The smallest absolute Gasteiger partial charge is 0.328 e. The van der Waals surface area contributed by atoms with Crippen LogP contribution in [0.25, 0.3) is 0 Å². The number of hydrogen-bond acceptors (Lipinski definition) is 3. The Morgan fingerprint density at radius 1 is 1.24 bits per heavy atom. The van der Waals surface area contributed by atoms with Crippen molar-refractivity contribution in [3.05, 3.63) is 35.4 Å². The number of aryl methyl sites for hydroxylation is 2. The summed E-state index contributed by atoms with van der Waals surface area (Å²) < 4.78 is 4.75. The summed E-state index contributed by atoms with van der Waals surface area (Å²) in [6.45, 7) is 2.12. The van der Waals surface area contributed by atoms with Gasteiger partial charge in [0.25, 0.3) is 0 Å². The maximum absolute atomic E-state index is 12.0. The van der Waals surface area contributed by atoms with E-state index in [1.165, 1.54) is 12.7 Å². The molecule has 114 valence electrons. The molecular formula is C17H23NO3. The SMILES string of the molecule is CCc1ccc(CCC(=O)NC(C(=O)OC)C2CC2)cc1. The summed E-state index contributed by atoms with van der Waals surface area (Å²) in [6.07, 6.45) is 4.07. The molecule has 0 spiro atoms. The van der Waals surface area contributed by atoms with E-state index in [9.17, 15) is 9.59 Å². The minimum Gasteiger partial charge on any atom is -0.467 e. The molecule has 1 N–H and O–H groups in total. The van der Waals surface area contributed by atoms with Crippen LogP contribution < -0.4 is 5.32 Å². The Kier molecular flexibility index (Phi) is 5.37. The van der Waals surface area contributed by atoms with E-state index in [1.54, 1.807) is 0 Å². The molecule has 4 heteroatoms. The van der Waals surface area contributed by atoms with Crippen molar-refractivity contribution in [2.45, 2.75) is 45.1 Å². The van der Waals surface area contributed by atoms with Crippen LogP contribution in [0.4, 0.5) is 0 Å². The molecular weight excluding hydrogens is 266 g/mol. The number of hydrogen-bond donors (Lipinski definition) is 1. The average molecular weight is 289 g/mol. The van der Waals surface area contributed by atoms with E-state index in [0.717, 1.165) is 24.8 Å². The van der Waals surface area contributed by atoms with Crippen LogP contribution in [0.15, 0.2) is 24.3 Å². The third-order valence-corrected chi connectivity index (χ3v) is 3.94. The average Bonchev–Trinajstić information content (AvgIpc) is 3.35. The molecule has 1 saturated carbocycles. The van der Waals surface area contributed by atoms with Crippen molar-refractivity contribution < 1.29 is 14.3 Å². The number of ether oxygens (including phenoxy) is 1. The van der Waals surface area contributed by atoms with Crippen molar-refractivity contribution in [2.24, 2.45) is 5.92 Å². The second kappa shape index (κ2) is 7.25. The Hall–Kier alpha value is -1.84. The Morgan fingerprint density at radius 3 is 2.38 bits per heavy atom. The first kappa shape index (κ1) is 15.5. The van der Waals surface area contributed by atoms with E-state index >= 15 is 0 Å². The molecule has 0 bridgehead atoms. The van der Waals surface area contributed by atoms with Gasteiger partial charge in [-0.2, -0.15) is 0 Å². The lowest BCUT2D eigenvalue weighted by atomic mass is 10.1. The number of amides is 1. The molecule has 0 aromatic heterocycles. The van der Waals surface area contributed by atoms with Crippen molar-refractivity contribution in [1.82, 2.24) is 5.32 Å². The van der Waals surface area contributed by atoms with Crippen molar-refractivity contribution in [2.75, 3.05) is 7.11 Å². The molecule has 0 aliphatic heterocycles. The normalized spacial score (nSPS) is 15.3. The Morgan fingerprint density at radius 2 is 1.86 bits per heavy atom. The number of carbonyl (C=O) groups excluding carboxylic acids is 2. The van der Waals surface area contributed by atoms with Crippen LogP contribution in [0.2, 0.25) is 0 Å². The van der Waals surface area contributed by atoms with E-state index in [0.29, 0.717) is 12.8 Å². The molecule has 1 aliphatic rings. The molecule has 0 saturated heterocycles. The maximum Gasteiger partial charge on any atom is 0.328 e. The van der Waals surface area contributed by atoms with E-state index in [2.05, 4.69) is 36.5 Å². The van der Waals surface area contributed by atoms with Crippen LogP contribution in [-0.4, -0.2) is 25.0 Å². The van der Waals surface area contributed by atoms with Gasteiger partial charge in [-0.05, 0) is 42.7 Å². The summed E-state index contributed by atoms with van der Waals surface area (Å²) in [4.78, 5) is 23.6. The van der Waals surface area contributed by atoms with E-state index < -0.39 is 6.04 Å². The summed E-state index contributed by atoms with van der Waals surface area (Å²) in [5.41, 5.74) is 2.44. The summed E-state index contributed by atoms with van der Waals surface area (Å²) in [5.74, 6) is -0.166.